The van der Waals surface area contributed by atoms with Gasteiger partial charge in [-0.3, -0.25) is 9.69 Å². The molecule has 2 N–H and O–H groups in total. The number of methoxy groups -OCH3 is 1. The molecule has 0 spiro atoms. The molecule has 7 nitrogen and oxygen atoms in total. The van der Waals surface area contributed by atoms with E-state index in [1.54, 1.807) is 6.92 Å². The first-order valence-electron chi connectivity index (χ1n) is 8.55. The number of rotatable bonds is 3. The van der Waals surface area contributed by atoms with Crippen molar-refractivity contribution in [2.24, 2.45) is 0 Å². The van der Waals surface area contributed by atoms with Gasteiger partial charge in [0.2, 0.25) is 0 Å². The number of carbonyl (C=O) groups is 1. The number of nitrogens with one attached hydrogen (secondary N) is 2. The molecular weight excluding hydrogens is 332 g/mol. The van der Waals surface area contributed by atoms with Crippen molar-refractivity contribution in [2.75, 3.05) is 13.7 Å². The normalized spacial score (nSPS) is 14.4. The van der Waals surface area contributed by atoms with E-state index in [1.165, 1.54) is 7.11 Å². The summed E-state index contributed by atoms with van der Waals surface area (Å²) in [6, 6.07) is 7.80. The molecule has 0 bridgehead atoms. The van der Waals surface area contributed by atoms with Crippen molar-refractivity contribution in [2.45, 2.75) is 26.4 Å². The highest BCUT2D eigenvalue weighted by Crippen LogP contribution is 2.26. The lowest BCUT2D eigenvalue weighted by atomic mass is 10.0. The Morgan fingerprint density at radius 2 is 2.12 bits per heavy atom. The molecule has 2 aromatic heterocycles. The molecule has 0 amide bonds. The van der Waals surface area contributed by atoms with Crippen molar-refractivity contribution >= 4 is 16.9 Å². The van der Waals surface area contributed by atoms with Crippen LogP contribution < -0.4 is 5.56 Å². The van der Waals surface area contributed by atoms with Crippen molar-refractivity contribution in [3.63, 3.8) is 0 Å². The molecule has 0 radical (unpaired) electrons. The summed E-state index contributed by atoms with van der Waals surface area (Å²) in [6.07, 6.45) is 0.718. The van der Waals surface area contributed by atoms with Gasteiger partial charge >= 0.3 is 5.97 Å². The van der Waals surface area contributed by atoms with E-state index in [9.17, 15) is 9.59 Å². The standard InChI is InChI=1S/C19H20N4O3/c1-11-20-16-7-8-23(10-14(16)18(24)21-11)9-13-12-5-3-4-6-15(12)22-17(13)19(25)26-2/h3-6,22H,7-10H2,1-2H3,(H,20,21,24). The number of ether oxygens (including phenoxy) is 1. The Kier molecular flexibility index (Phi) is 4.08. The molecule has 3 aromatic rings. The van der Waals surface area contributed by atoms with Crippen molar-refractivity contribution in [3.8, 4) is 0 Å². The molecule has 7 heteroatoms. The van der Waals surface area contributed by atoms with E-state index in [4.69, 9.17) is 4.74 Å². The highest BCUT2D eigenvalue weighted by Gasteiger charge is 2.24. The topological polar surface area (TPSA) is 91.1 Å². The first-order chi connectivity index (χ1) is 12.6. The second kappa shape index (κ2) is 6.42. The van der Waals surface area contributed by atoms with Crippen LogP contribution in [0.2, 0.25) is 0 Å². The van der Waals surface area contributed by atoms with E-state index in [0.717, 1.165) is 35.1 Å². The fourth-order valence-electron chi connectivity index (χ4n) is 3.60. The summed E-state index contributed by atoms with van der Waals surface area (Å²) in [5.41, 5.74) is 3.76. The van der Waals surface area contributed by atoms with Crippen LogP contribution in [-0.2, 0) is 24.2 Å². The first-order valence-corrected chi connectivity index (χ1v) is 8.55. The number of para-hydroxylation sites is 1. The zero-order chi connectivity index (χ0) is 18.3. The lowest BCUT2D eigenvalue weighted by molar-refractivity contribution is 0.0592. The number of fused-ring (bicyclic) bond motifs is 2. The zero-order valence-electron chi connectivity index (χ0n) is 14.8. The number of H-pyrrole nitrogens is 2. The van der Waals surface area contributed by atoms with Gasteiger partial charge in [-0.15, -0.1) is 0 Å². The number of esters is 1. The predicted octanol–water partition coefficient (Wildman–Crippen LogP) is 1.90. The van der Waals surface area contributed by atoms with E-state index in [0.29, 0.717) is 30.2 Å². The van der Waals surface area contributed by atoms with Gasteiger partial charge in [-0.25, -0.2) is 9.78 Å². The average molecular weight is 352 g/mol. The van der Waals surface area contributed by atoms with Crippen molar-refractivity contribution < 1.29 is 9.53 Å². The number of aromatic nitrogens is 3. The summed E-state index contributed by atoms with van der Waals surface area (Å²) in [5.74, 6) is 0.260. The van der Waals surface area contributed by atoms with Crippen LogP contribution in [0.25, 0.3) is 10.9 Å². The SMILES string of the molecule is COC(=O)c1[nH]c2ccccc2c1CN1CCc2nc(C)[nH]c(=O)c2C1. The summed E-state index contributed by atoms with van der Waals surface area (Å²) < 4.78 is 4.93. The third-order valence-corrected chi connectivity index (χ3v) is 4.85. The van der Waals surface area contributed by atoms with E-state index in [-0.39, 0.29) is 11.5 Å². The molecule has 1 aliphatic heterocycles. The maximum Gasteiger partial charge on any atom is 0.354 e. The smallest absolute Gasteiger partial charge is 0.354 e. The van der Waals surface area contributed by atoms with Crippen LogP contribution in [0.1, 0.15) is 33.1 Å². The Hall–Kier alpha value is -2.93. The second-order valence-electron chi connectivity index (χ2n) is 6.55. The molecule has 26 heavy (non-hydrogen) atoms. The Bertz CT molecular complexity index is 1050. The zero-order valence-corrected chi connectivity index (χ0v) is 14.8. The number of benzene rings is 1. The summed E-state index contributed by atoms with van der Waals surface area (Å²) in [6.45, 7) is 3.64. The van der Waals surface area contributed by atoms with Crippen molar-refractivity contribution in [1.29, 1.82) is 0 Å². The van der Waals surface area contributed by atoms with E-state index < -0.39 is 0 Å². The lowest BCUT2D eigenvalue weighted by Crippen LogP contribution is -2.35. The second-order valence-corrected chi connectivity index (χ2v) is 6.55. The molecule has 0 atom stereocenters. The van der Waals surface area contributed by atoms with Crippen LogP contribution in [0, 0.1) is 6.92 Å². The van der Waals surface area contributed by atoms with Gasteiger partial charge in [0.15, 0.2) is 0 Å². The maximum atomic E-state index is 12.3. The molecular formula is C19H20N4O3. The van der Waals surface area contributed by atoms with Gasteiger partial charge in [0.05, 0.1) is 18.4 Å². The number of carbonyl (C=O) groups excluding carboxylic acids is 1. The van der Waals surface area contributed by atoms with Gasteiger partial charge in [0, 0.05) is 42.5 Å². The van der Waals surface area contributed by atoms with Crippen LogP contribution in [0.4, 0.5) is 0 Å². The van der Waals surface area contributed by atoms with E-state index in [2.05, 4.69) is 19.9 Å². The van der Waals surface area contributed by atoms with Gasteiger partial charge in [-0.2, -0.15) is 0 Å². The van der Waals surface area contributed by atoms with Crippen LogP contribution in [0.3, 0.4) is 0 Å². The molecule has 0 unspecified atom stereocenters. The molecule has 0 saturated heterocycles. The minimum atomic E-state index is -0.385. The van der Waals surface area contributed by atoms with Crippen molar-refractivity contribution in [1.82, 2.24) is 19.9 Å². The van der Waals surface area contributed by atoms with Gasteiger partial charge < -0.3 is 14.7 Å². The molecule has 1 aromatic carbocycles. The van der Waals surface area contributed by atoms with E-state index >= 15 is 0 Å². The Labute approximate surface area is 150 Å². The fourth-order valence-corrected chi connectivity index (χ4v) is 3.60. The highest BCUT2D eigenvalue weighted by molar-refractivity contribution is 5.98. The van der Waals surface area contributed by atoms with Gasteiger partial charge in [-0.1, -0.05) is 18.2 Å². The third-order valence-electron chi connectivity index (χ3n) is 4.85. The monoisotopic (exact) mass is 352 g/mol. The van der Waals surface area contributed by atoms with Gasteiger partial charge in [0.1, 0.15) is 11.5 Å². The molecule has 0 aliphatic carbocycles. The van der Waals surface area contributed by atoms with Gasteiger partial charge in [0.25, 0.3) is 5.56 Å². The lowest BCUT2D eigenvalue weighted by Gasteiger charge is -2.27. The van der Waals surface area contributed by atoms with Crippen LogP contribution in [0.5, 0.6) is 0 Å². The quantitative estimate of drug-likeness (QED) is 0.703. The van der Waals surface area contributed by atoms with Gasteiger partial charge in [-0.05, 0) is 13.0 Å². The Balaban J connectivity index is 1.70. The molecule has 1 aliphatic rings. The molecule has 0 fully saturated rings. The van der Waals surface area contributed by atoms with Crippen LogP contribution in [0.15, 0.2) is 29.1 Å². The number of hydrogen-bond acceptors (Lipinski definition) is 5. The molecule has 134 valence electrons. The minimum absolute atomic E-state index is 0.0793. The third kappa shape index (κ3) is 2.80. The largest absolute Gasteiger partial charge is 0.464 e. The van der Waals surface area contributed by atoms with Crippen LogP contribution >= 0.6 is 0 Å². The highest BCUT2D eigenvalue weighted by atomic mass is 16.5. The average Bonchev–Trinajstić information content (AvgIpc) is 3.00. The summed E-state index contributed by atoms with van der Waals surface area (Å²) in [4.78, 5) is 37.0. The summed E-state index contributed by atoms with van der Waals surface area (Å²) in [5, 5.41) is 0.995. The minimum Gasteiger partial charge on any atom is -0.464 e. The molecule has 4 rings (SSSR count). The predicted molar refractivity (Wildman–Crippen MR) is 97.1 cm³/mol. The van der Waals surface area contributed by atoms with Crippen LogP contribution in [-0.4, -0.2) is 39.5 Å². The summed E-state index contributed by atoms with van der Waals surface area (Å²) in [7, 11) is 1.38. The number of aromatic amines is 2. The Morgan fingerprint density at radius 3 is 2.92 bits per heavy atom. The number of aryl methyl sites for hydroxylation is 1. The van der Waals surface area contributed by atoms with Crippen molar-refractivity contribution in [3.05, 3.63) is 63.0 Å². The maximum absolute atomic E-state index is 12.3. The van der Waals surface area contributed by atoms with E-state index in [1.807, 2.05) is 24.3 Å². The first kappa shape index (κ1) is 16.5. The molecule has 3 heterocycles. The Morgan fingerprint density at radius 1 is 1.31 bits per heavy atom. The molecule has 0 saturated carbocycles. The summed E-state index contributed by atoms with van der Waals surface area (Å²) >= 11 is 0. The number of hydrogen-bond donors (Lipinski definition) is 2. The fraction of sp³-hybridized carbons (Fsp3) is 0.316. The number of nitrogens with zero attached hydrogens (tertiary/aromatic N) is 2.